The van der Waals surface area contributed by atoms with Crippen LogP contribution in [-0.4, -0.2) is 11.5 Å². The molecular weight excluding hydrogens is 264 g/mol. The lowest BCUT2D eigenvalue weighted by atomic mass is 10.1. The summed E-state index contributed by atoms with van der Waals surface area (Å²) in [7, 11) is 0. The maximum Gasteiger partial charge on any atom is 0.0969 e. The second-order valence-electron chi connectivity index (χ2n) is 5.69. The first-order valence-corrected chi connectivity index (χ1v) is 8.37. The van der Waals surface area contributed by atoms with Crippen LogP contribution in [0.1, 0.15) is 42.5 Å². The molecule has 1 heterocycles. The van der Waals surface area contributed by atoms with Gasteiger partial charge in [-0.25, -0.2) is 4.98 Å². The summed E-state index contributed by atoms with van der Waals surface area (Å²) in [5, 5.41) is 4.85. The SMILES string of the molecule is CCCNCc1sc(C2CC2C)nc1-c1ccccc1. The molecule has 3 heteroatoms. The van der Waals surface area contributed by atoms with Crippen molar-refractivity contribution in [3.05, 3.63) is 40.2 Å². The van der Waals surface area contributed by atoms with Gasteiger partial charge in [0.15, 0.2) is 0 Å². The third kappa shape index (κ3) is 2.94. The van der Waals surface area contributed by atoms with Crippen LogP contribution in [0, 0.1) is 5.92 Å². The van der Waals surface area contributed by atoms with Gasteiger partial charge < -0.3 is 5.32 Å². The second-order valence-corrected chi connectivity index (χ2v) is 6.80. The number of rotatable bonds is 6. The Balaban J connectivity index is 1.87. The van der Waals surface area contributed by atoms with E-state index in [-0.39, 0.29) is 0 Å². The van der Waals surface area contributed by atoms with Gasteiger partial charge in [0.1, 0.15) is 0 Å². The minimum atomic E-state index is 0.711. The van der Waals surface area contributed by atoms with Crippen LogP contribution in [0.3, 0.4) is 0 Å². The molecule has 0 saturated heterocycles. The van der Waals surface area contributed by atoms with Gasteiger partial charge >= 0.3 is 0 Å². The van der Waals surface area contributed by atoms with E-state index in [2.05, 4.69) is 49.5 Å². The standard InChI is InChI=1S/C17H22N2S/c1-3-9-18-11-15-16(13-7-5-4-6-8-13)19-17(20-15)14-10-12(14)2/h4-8,12,14,18H,3,9-11H2,1-2H3. The van der Waals surface area contributed by atoms with Gasteiger partial charge in [-0.3, -0.25) is 0 Å². The summed E-state index contributed by atoms with van der Waals surface area (Å²) in [6, 6.07) is 10.6. The maximum absolute atomic E-state index is 4.95. The molecule has 2 unspecified atom stereocenters. The van der Waals surface area contributed by atoms with Gasteiger partial charge in [-0.05, 0) is 25.3 Å². The fourth-order valence-electron chi connectivity index (χ4n) is 2.51. The average molecular weight is 286 g/mol. The van der Waals surface area contributed by atoms with Crippen LogP contribution in [0.25, 0.3) is 11.3 Å². The normalized spacial score (nSPS) is 21.1. The summed E-state index contributed by atoms with van der Waals surface area (Å²) in [5.74, 6) is 1.53. The van der Waals surface area contributed by atoms with Crippen molar-refractivity contribution in [2.75, 3.05) is 6.54 Å². The summed E-state index contributed by atoms with van der Waals surface area (Å²) >= 11 is 1.91. The Morgan fingerprint density at radius 1 is 1.30 bits per heavy atom. The highest BCUT2D eigenvalue weighted by Crippen LogP contribution is 2.49. The molecule has 0 aliphatic heterocycles. The zero-order valence-electron chi connectivity index (χ0n) is 12.2. The van der Waals surface area contributed by atoms with Crippen molar-refractivity contribution < 1.29 is 0 Å². The van der Waals surface area contributed by atoms with Crippen LogP contribution >= 0.6 is 11.3 Å². The van der Waals surface area contributed by atoms with E-state index >= 15 is 0 Å². The van der Waals surface area contributed by atoms with Crippen molar-refractivity contribution in [3.8, 4) is 11.3 Å². The molecule has 106 valence electrons. The first-order chi connectivity index (χ1) is 9.79. The Hall–Kier alpha value is -1.19. The molecule has 1 aromatic heterocycles. The largest absolute Gasteiger partial charge is 0.312 e. The third-order valence-electron chi connectivity index (χ3n) is 3.90. The van der Waals surface area contributed by atoms with E-state index in [0.29, 0.717) is 5.92 Å². The van der Waals surface area contributed by atoms with Crippen molar-refractivity contribution in [2.24, 2.45) is 5.92 Å². The Kier molecular flexibility index (Phi) is 4.18. The highest BCUT2D eigenvalue weighted by Gasteiger charge is 2.37. The molecule has 3 rings (SSSR count). The van der Waals surface area contributed by atoms with E-state index in [1.165, 1.54) is 34.0 Å². The van der Waals surface area contributed by atoms with Gasteiger partial charge in [-0.15, -0.1) is 11.3 Å². The van der Waals surface area contributed by atoms with E-state index in [1.54, 1.807) is 0 Å². The predicted molar refractivity (Wildman–Crippen MR) is 86.1 cm³/mol. The smallest absolute Gasteiger partial charge is 0.0969 e. The zero-order valence-corrected chi connectivity index (χ0v) is 13.0. The Labute approximate surface area is 125 Å². The fourth-order valence-corrected chi connectivity index (χ4v) is 3.82. The summed E-state index contributed by atoms with van der Waals surface area (Å²) < 4.78 is 0. The molecule has 0 spiro atoms. The second kappa shape index (κ2) is 6.06. The number of benzene rings is 1. The van der Waals surface area contributed by atoms with Crippen molar-refractivity contribution in [2.45, 2.75) is 39.2 Å². The first-order valence-electron chi connectivity index (χ1n) is 7.55. The first kappa shape index (κ1) is 13.8. The lowest BCUT2D eigenvalue weighted by molar-refractivity contribution is 0.681. The van der Waals surface area contributed by atoms with Crippen LogP contribution < -0.4 is 5.32 Å². The van der Waals surface area contributed by atoms with Gasteiger partial charge in [0, 0.05) is 22.9 Å². The molecule has 0 radical (unpaired) electrons. The van der Waals surface area contributed by atoms with Gasteiger partial charge in [0.2, 0.25) is 0 Å². The molecule has 1 aliphatic carbocycles. The Morgan fingerprint density at radius 3 is 2.70 bits per heavy atom. The molecule has 2 atom stereocenters. The molecule has 0 bridgehead atoms. The third-order valence-corrected chi connectivity index (χ3v) is 5.09. The van der Waals surface area contributed by atoms with Gasteiger partial charge in [-0.1, -0.05) is 44.2 Å². The summed E-state index contributed by atoms with van der Waals surface area (Å²) in [5.41, 5.74) is 2.44. The molecule has 2 nitrogen and oxygen atoms in total. The van der Waals surface area contributed by atoms with E-state index in [1.807, 2.05) is 11.3 Å². The van der Waals surface area contributed by atoms with Crippen LogP contribution in [0.15, 0.2) is 30.3 Å². The van der Waals surface area contributed by atoms with Crippen molar-refractivity contribution in [1.82, 2.24) is 10.3 Å². The molecule has 1 aromatic carbocycles. The molecule has 2 aromatic rings. The Morgan fingerprint density at radius 2 is 2.05 bits per heavy atom. The van der Waals surface area contributed by atoms with Gasteiger partial charge in [-0.2, -0.15) is 0 Å². The molecule has 1 fully saturated rings. The number of nitrogens with zero attached hydrogens (tertiary/aromatic N) is 1. The number of hydrogen-bond donors (Lipinski definition) is 1. The summed E-state index contributed by atoms with van der Waals surface area (Å²) in [4.78, 5) is 6.34. The predicted octanol–water partition coefficient (Wildman–Crippen LogP) is 4.43. The molecule has 20 heavy (non-hydrogen) atoms. The van der Waals surface area contributed by atoms with E-state index in [4.69, 9.17) is 4.98 Å². The summed E-state index contributed by atoms with van der Waals surface area (Å²) in [6.07, 6.45) is 2.48. The average Bonchev–Trinajstić information content (AvgIpc) is 3.05. The van der Waals surface area contributed by atoms with Crippen LogP contribution in [-0.2, 0) is 6.54 Å². The molecule has 1 N–H and O–H groups in total. The van der Waals surface area contributed by atoms with Crippen LogP contribution in [0.2, 0.25) is 0 Å². The number of nitrogens with one attached hydrogen (secondary N) is 1. The molecule has 1 aliphatic rings. The highest BCUT2D eigenvalue weighted by molar-refractivity contribution is 7.12. The van der Waals surface area contributed by atoms with Gasteiger partial charge in [0.25, 0.3) is 0 Å². The van der Waals surface area contributed by atoms with E-state index in [9.17, 15) is 0 Å². The maximum atomic E-state index is 4.95. The Bertz CT molecular complexity index is 562. The van der Waals surface area contributed by atoms with E-state index in [0.717, 1.165) is 19.0 Å². The lowest BCUT2D eigenvalue weighted by Crippen LogP contribution is -2.13. The van der Waals surface area contributed by atoms with Crippen molar-refractivity contribution in [3.63, 3.8) is 0 Å². The summed E-state index contributed by atoms with van der Waals surface area (Å²) in [6.45, 7) is 6.54. The minimum absolute atomic E-state index is 0.711. The van der Waals surface area contributed by atoms with E-state index < -0.39 is 0 Å². The topological polar surface area (TPSA) is 24.9 Å². The van der Waals surface area contributed by atoms with Crippen molar-refractivity contribution >= 4 is 11.3 Å². The number of aromatic nitrogens is 1. The number of hydrogen-bond acceptors (Lipinski definition) is 3. The highest BCUT2D eigenvalue weighted by atomic mass is 32.1. The quantitative estimate of drug-likeness (QED) is 0.794. The van der Waals surface area contributed by atoms with Gasteiger partial charge in [0.05, 0.1) is 10.7 Å². The van der Waals surface area contributed by atoms with Crippen LogP contribution in [0.5, 0.6) is 0 Å². The minimum Gasteiger partial charge on any atom is -0.312 e. The number of thiazole rings is 1. The molecular formula is C17H22N2S. The zero-order chi connectivity index (χ0) is 13.9. The molecule has 0 amide bonds. The van der Waals surface area contributed by atoms with Crippen molar-refractivity contribution in [1.29, 1.82) is 0 Å². The van der Waals surface area contributed by atoms with Crippen LogP contribution in [0.4, 0.5) is 0 Å². The fraction of sp³-hybridized carbons (Fsp3) is 0.471. The monoisotopic (exact) mass is 286 g/mol. The lowest BCUT2D eigenvalue weighted by Gasteiger charge is -2.03. The molecule has 1 saturated carbocycles.